The predicted octanol–water partition coefficient (Wildman–Crippen LogP) is 3.57. The van der Waals surface area contributed by atoms with E-state index in [9.17, 15) is 19.7 Å². The second-order valence-corrected chi connectivity index (χ2v) is 8.12. The van der Waals surface area contributed by atoms with E-state index in [1.807, 2.05) is 30.3 Å². The van der Waals surface area contributed by atoms with Crippen LogP contribution < -0.4 is 15.5 Å². The van der Waals surface area contributed by atoms with Crippen molar-refractivity contribution in [2.75, 3.05) is 7.11 Å². The van der Waals surface area contributed by atoms with Gasteiger partial charge in [-0.05, 0) is 29.8 Å². The SMILES string of the molecule is COc1ccc(-c2ccc(/C=N\NC(=O)[C@H](Cc3cnc[nH]3)NC(=O)OCc3ccccc3)o2)c([N+](=O)[O-])c1. The second kappa shape index (κ2) is 12.7. The summed E-state index contributed by atoms with van der Waals surface area (Å²) in [5, 5.41) is 17.9. The van der Waals surface area contributed by atoms with E-state index in [2.05, 4.69) is 25.8 Å². The van der Waals surface area contributed by atoms with Crippen molar-refractivity contribution in [2.24, 2.45) is 5.10 Å². The van der Waals surface area contributed by atoms with Crippen LogP contribution in [-0.2, 0) is 22.6 Å². The number of hydrazone groups is 1. The Bertz CT molecular complexity index is 1450. The van der Waals surface area contributed by atoms with Gasteiger partial charge in [0.05, 0.1) is 36.2 Å². The minimum atomic E-state index is -1.03. The number of carbonyl (C=O) groups excluding carboxylic acids is 2. The normalized spacial score (nSPS) is 11.6. The van der Waals surface area contributed by atoms with Gasteiger partial charge in [-0.3, -0.25) is 14.9 Å². The molecular formula is C26H24N6O7. The first-order chi connectivity index (χ1) is 18.9. The van der Waals surface area contributed by atoms with E-state index >= 15 is 0 Å². The number of hydrogen-bond donors (Lipinski definition) is 3. The Labute approximate surface area is 222 Å². The Morgan fingerprint density at radius 3 is 2.74 bits per heavy atom. The van der Waals surface area contributed by atoms with E-state index in [1.54, 1.807) is 18.2 Å². The fourth-order valence-electron chi connectivity index (χ4n) is 3.53. The zero-order chi connectivity index (χ0) is 27.6. The molecule has 0 saturated carbocycles. The van der Waals surface area contributed by atoms with E-state index in [4.69, 9.17) is 13.9 Å². The summed E-state index contributed by atoms with van der Waals surface area (Å²) in [4.78, 5) is 42.9. The molecule has 0 aliphatic rings. The van der Waals surface area contributed by atoms with Crippen LogP contribution in [0.25, 0.3) is 11.3 Å². The Morgan fingerprint density at radius 1 is 1.21 bits per heavy atom. The molecule has 2 aromatic heterocycles. The molecule has 0 spiro atoms. The topological polar surface area (TPSA) is 174 Å². The lowest BCUT2D eigenvalue weighted by molar-refractivity contribution is -0.384. The first-order valence-corrected chi connectivity index (χ1v) is 11.6. The molecule has 1 atom stereocenters. The van der Waals surface area contributed by atoms with Gasteiger partial charge in [-0.1, -0.05) is 30.3 Å². The molecule has 4 aromatic rings. The highest BCUT2D eigenvalue weighted by Gasteiger charge is 2.23. The molecule has 13 heteroatoms. The highest BCUT2D eigenvalue weighted by atomic mass is 16.6. The van der Waals surface area contributed by atoms with Gasteiger partial charge in [0.1, 0.15) is 29.9 Å². The zero-order valence-corrected chi connectivity index (χ0v) is 20.7. The van der Waals surface area contributed by atoms with Crippen LogP contribution in [0, 0.1) is 10.1 Å². The van der Waals surface area contributed by atoms with Crippen LogP contribution in [0.3, 0.4) is 0 Å². The number of ether oxygens (including phenoxy) is 2. The summed E-state index contributed by atoms with van der Waals surface area (Å²) in [7, 11) is 1.41. The summed E-state index contributed by atoms with van der Waals surface area (Å²) in [6.07, 6.45) is 3.55. The highest BCUT2D eigenvalue weighted by Crippen LogP contribution is 2.33. The summed E-state index contributed by atoms with van der Waals surface area (Å²) >= 11 is 0. The van der Waals surface area contributed by atoms with Gasteiger partial charge in [-0.15, -0.1) is 0 Å². The summed E-state index contributed by atoms with van der Waals surface area (Å²) in [5.41, 5.74) is 3.83. The number of amides is 2. The average molecular weight is 533 g/mol. The molecule has 39 heavy (non-hydrogen) atoms. The number of furan rings is 1. The fourth-order valence-corrected chi connectivity index (χ4v) is 3.53. The number of nitro groups is 1. The first kappa shape index (κ1) is 26.6. The zero-order valence-electron chi connectivity index (χ0n) is 20.7. The Kier molecular flexibility index (Phi) is 8.64. The molecule has 0 bridgehead atoms. The van der Waals surface area contributed by atoms with Gasteiger partial charge in [-0.2, -0.15) is 5.10 Å². The summed E-state index contributed by atoms with van der Waals surface area (Å²) < 4.78 is 15.9. The molecular weight excluding hydrogens is 508 g/mol. The number of aromatic amines is 1. The maximum absolute atomic E-state index is 12.8. The van der Waals surface area contributed by atoms with E-state index in [1.165, 1.54) is 38.0 Å². The monoisotopic (exact) mass is 532 g/mol. The quantitative estimate of drug-likeness (QED) is 0.149. The van der Waals surface area contributed by atoms with Crippen molar-refractivity contribution >= 4 is 23.9 Å². The standard InChI is InChI=1S/C26H24N6O7/c1-37-19-7-9-21(23(12-19)32(35)36)24-10-8-20(39-24)14-29-31-25(33)22(11-18-13-27-16-28-18)30-26(34)38-15-17-5-3-2-4-6-17/h2-10,12-14,16,22H,11,15H2,1H3,(H,27,28)(H,30,34)(H,31,33)/b29-14-/t22-/m0/s1. The van der Waals surface area contributed by atoms with Crippen LogP contribution in [0.1, 0.15) is 17.0 Å². The molecule has 3 N–H and O–H groups in total. The molecule has 2 aromatic carbocycles. The molecule has 13 nitrogen and oxygen atoms in total. The molecule has 200 valence electrons. The molecule has 0 aliphatic heterocycles. The smallest absolute Gasteiger partial charge is 0.408 e. The van der Waals surface area contributed by atoms with E-state index in [-0.39, 0.29) is 35.8 Å². The number of alkyl carbamates (subject to hydrolysis) is 1. The van der Waals surface area contributed by atoms with Crippen molar-refractivity contribution in [3.8, 4) is 17.1 Å². The molecule has 0 saturated heterocycles. The number of imidazole rings is 1. The third-order valence-corrected chi connectivity index (χ3v) is 5.46. The third-order valence-electron chi connectivity index (χ3n) is 5.46. The van der Waals surface area contributed by atoms with Gasteiger partial charge < -0.3 is 24.2 Å². The van der Waals surface area contributed by atoms with Crippen molar-refractivity contribution in [2.45, 2.75) is 19.1 Å². The maximum atomic E-state index is 12.8. The average Bonchev–Trinajstić information content (AvgIpc) is 3.64. The van der Waals surface area contributed by atoms with E-state index in [0.29, 0.717) is 11.4 Å². The third kappa shape index (κ3) is 7.29. The number of H-pyrrole nitrogens is 1. The van der Waals surface area contributed by atoms with Gasteiger partial charge >= 0.3 is 6.09 Å². The lowest BCUT2D eigenvalue weighted by atomic mass is 10.1. The van der Waals surface area contributed by atoms with Crippen molar-refractivity contribution < 1.29 is 28.4 Å². The Balaban J connectivity index is 1.40. The van der Waals surface area contributed by atoms with Crippen LogP contribution in [0.15, 0.2) is 82.7 Å². The molecule has 0 aliphatic carbocycles. The fraction of sp³-hybridized carbons (Fsp3) is 0.154. The van der Waals surface area contributed by atoms with Crippen LogP contribution in [0.5, 0.6) is 5.75 Å². The summed E-state index contributed by atoms with van der Waals surface area (Å²) in [6, 6.07) is 15.6. The number of nitro benzene ring substituents is 1. The second-order valence-electron chi connectivity index (χ2n) is 8.12. The number of methoxy groups -OCH3 is 1. The molecule has 4 rings (SSSR count). The molecule has 0 radical (unpaired) electrons. The number of nitrogens with one attached hydrogen (secondary N) is 3. The largest absolute Gasteiger partial charge is 0.497 e. The van der Waals surface area contributed by atoms with E-state index in [0.717, 1.165) is 5.56 Å². The summed E-state index contributed by atoms with van der Waals surface area (Å²) in [6.45, 7) is 0.0381. The Morgan fingerprint density at radius 2 is 2.03 bits per heavy atom. The van der Waals surface area contributed by atoms with Gasteiger partial charge in [0.2, 0.25) is 0 Å². The number of nitrogens with zero attached hydrogens (tertiary/aromatic N) is 3. The highest BCUT2D eigenvalue weighted by molar-refractivity contribution is 5.87. The minimum Gasteiger partial charge on any atom is -0.497 e. The number of benzene rings is 2. The Hall–Kier alpha value is -5.46. The minimum absolute atomic E-state index is 0.0381. The molecule has 2 heterocycles. The lowest BCUT2D eigenvalue weighted by Crippen LogP contribution is -2.47. The van der Waals surface area contributed by atoms with Gasteiger partial charge in [0, 0.05) is 18.3 Å². The van der Waals surface area contributed by atoms with Crippen molar-refractivity contribution in [3.63, 3.8) is 0 Å². The number of aromatic nitrogens is 2. The predicted molar refractivity (Wildman–Crippen MR) is 139 cm³/mol. The summed E-state index contributed by atoms with van der Waals surface area (Å²) in [5.74, 6) is 0.187. The molecule has 0 unspecified atom stereocenters. The van der Waals surface area contributed by atoms with Gasteiger partial charge in [0.15, 0.2) is 0 Å². The first-order valence-electron chi connectivity index (χ1n) is 11.6. The number of hydrogen-bond acceptors (Lipinski definition) is 9. The van der Waals surface area contributed by atoms with Crippen molar-refractivity contribution in [3.05, 3.63) is 100 Å². The molecule has 2 amide bonds. The number of carbonyl (C=O) groups is 2. The molecule has 0 fully saturated rings. The van der Waals surface area contributed by atoms with Gasteiger partial charge in [-0.25, -0.2) is 15.2 Å². The van der Waals surface area contributed by atoms with Crippen LogP contribution in [0.4, 0.5) is 10.5 Å². The van der Waals surface area contributed by atoms with Crippen molar-refractivity contribution in [1.82, 2.24) is 20.7 Å². The lowest BCUT2D eigenvalue weighted by Gasteiger charge is -2.16. The van der Waals surface area contributed by atoms with Crippen LogP contribution >= 0.6 is 0 Å². The van der Waals surface area contributed by atoms with Crippen LogP contribution in [-0.4, -0.2) is 46.3 Å². The van der Waals surface area contributed by atoms with Crippen LogP contribution in [0.2, 0.25) is 0 Å². The van der Waals surface area contributed by atoms with Gasteiger partial charge in [0.25, 0.3) is 11.6 Å². The maximum Gasteiger partial charge on any atom is 0.408 e. The number of rotatable bonds is 11. The van der Waals surface area contributed by atoms with Crippen molar-refractivity contribution in [1.29, 1.82) is 0 Å². The van der Waals surface area contributed by atoms with E-state index < -0.39 is 23.0 Å².